The fourth-order valence-corrected chi connectivity index (χ4v) is 9.23. The highest BCUT2D eigenvalue weighted by atomic mass is 16.6. The van der Waals surface area contributed by atoms with E-state index in [0.717, 1.165) is 44.6 Å². The Kier molecular flexibility index (Phi) is 3.47. The summed E-state index contributed by atoms with van der Waals surface area (Å²) in [6.07, 6.45) is 7.72. The summed E-state index contributed by atoms with van der Waals surface area (Å²) in [4.78, 5) is 2.81. The number of nitrogens with zero attached hydrogens (tertiary/aromatic N) is 1. The number of rotatable bonds is 4. The lowest BCUT2D eigenvalue weighted by Gasteiger charge is -2.75. The summed E-state index contributed by atoms with van der Waals surface area (Å²) in [6.45, 7) is 6.23. The van der Waals surface area contributed by atoms with Gasteiger partial charge in [0.2, 0.25) is 0 Å². The first-order valence-corrected chi connectivity index (χ1v) is 12.3. The van der Waals surface area contributed by atoms with Crippen molar-refractivity contribution >= 4 is 0 Å². The molecule has 5 heteroatoms. The van der Waals surface area contributed by atoms with E-state index in [4.69, 9.17) is 9.47 Å². The zero-order valence-corrected chi connectivity index (χ0v) is 19.0. The van der Waals surface area contributed by atoms with Crippen molar-refractivity contribution in [1.82, 2.24) is 4.90 Å². The lowest BCUT2D eigenvalue weighted by Crippen LogP contribution is -2.82. The van der Waals surface area contributed by atoms with Gasteiger partial charge in [-0.1, -0.05) is 6.07 Å². The lowest BCUT2D eigenvalue weighted by atomic mass is 9.34. The molecule has 5 aliphatic carbocycles. The van der Waals surface area contributed by atoms with Gasteiger partial charge in [-0.3, -0.25) is 4.90 Å². The summed E-state index contributed by atoms with van der Waals surface area (Å²) in [5.41, 5.74) is 1.24. The Morgan fingerprint density at radius 2 is 2.03 bits per heavy atom. The summed E-state index contributed by atoms with van der Waals surface area (Å²) in [5, 5.41) is 22.2. The van der Waals surface area contributed by atoms with Crippen molar-refractivity contribution in [3.63, 3.8) is 0 Å². The zero-order chi connectivity index (χ0) is 21.4. The van der Waals surface area contributed by atoms with Gasteiger partial charge < -0.3 is 19.7 Å². The Balaban J connectivity index is 1.49. The van der Waals surface area contributed by atoms with Gasteiger partial charge in [0.25, 0.3) is 0 Å². The molecule has 5 nitrogen and oxygen atoms in total. The number of hydrogen-bond acceptors (Lipinski definition) is 5. The lowest BCUT2D eigenvalue weighted by molar-refractivity contribution is -0.300. The number of likely N-dealkylation sites (tertiary alicyclic amines) is 1. The molecule has 31 heavy (non-hydrogen) atoms. The van der Waals surface area contributed by atoms with Crippen LogP contribution in [0.25, 0.3) is 0 Å². The normalized spacial score (nSPS) is 44.8. The molecule has 1 saturated heterocycles. The largest absolute Gasteiger partial charge is 0.504 e. The molecule has 2 heterocycles. The third-order valence-electron chi connectivity index (χ3n) is 10.5. The summed E-state index contributed by atoms with van der Waals surface area (Å²) in [6, 6.07) is 4.46. The first-order valence-electron chi connectivity index (χ1n) is 12.3. The van der Waals surface area contributed by atoms with Crippen molar-refractivity contribution in [3.8, 4) is 11.5 Å². The molecular weight excluding hydrogens is 390 g/mol. The highest BCUT2D eigenvalue weighted by molar-refractivity contribution is 5.63. The number of aliphatic hydroxyl groups is 1. The van der Waals surface area contributed by atoms with Crippen LogP contribution in [0.3, 0.4) is 0 Å². The summed E-state index contributed by atoms with van der Waals surface area (Å²) in [7, 11) is 1.81. The number of aromatic hydroxyl groups is 1. The van der Waals surface area contributed by atoms with E-state index in [0.29, 0.717) is 11.8 Å². The molecule has 2 N–H and O–H groups in total. The number of phenolic OH excluding ortho intramolecular Hbond substituents is 1. The zero-order valence-electron chi connectivity index (χ0n) is 19.0. The van der Waals surface area contributed by atoms with Crippen LogP contribution in [0.5, 0.6) is 11.5 Å². The molecule has 4 saturated carbocycles. The third-order valence-corrected chi connectivity index (χ3v) is 10.5. The van der Waals surface area contributed by atoms with E-state index in [1.165, 1.54) is 30.5 Å². The van der Waals surface area contributed by atoms with Crippen molar-refractivity contribution < 1.29 is 19.7 Å². The van der Waals surface area contributed by atoms with Gasteiger partial charge in [0.1, 0.15) is 11.7 Å². The fraction of sp³-hybridized carbons (Fsp3) is 0.769. The first kappa shape index (κ1) is 19.2. The minimum atomic E-state index is -0.846. The molecule has 5 fully saturated rings. The van der Waals surface area contributed by atoms with Gasteiger partial charge in [-0.05, 0) is 82.9 Å². The van der Waals surface area contributed by atoms with Crippen LogP contribution in [0.1, 0.15) is 63.5 Å². The molecule has 1 unspecified atom stereocenters. The van der Waals surface area contributed by atoms with Crippen LogP contribution in [-0.4, -0.2) is 58.7 Å². The number of methoxy groups -OCH3 is 1. The Morgan fingerprint density at radius 3 is 2.74 bits per heavy atom. The molecule has 1 aromatic carbocycles. The second kappa shape index (κ2) is 5.60. The maximum atomic E-state index is 11.4. The van der Waals surface area contributed by atoms with Gasteiger partial charge in [-0.25, -0.2) is 0 Å². The second-order valence-corrected chi connectivity index (χ2v) is 12.1. The van der Waals surface area contributed by atoms with Crippen LogP contribution in [0.4, 0.5) is 0 Å². The van der Waals surface area contributed by atoms with Crippen LogP contribution < -0.4 is 4.74 Å². The summed E-state index contributed by atoms with van der Waals surface area (Å²) >= 11 is 0. The van der Waals surface area contributed by atoms with Gasteiger partial charge in [-0.15, -0.1) is 0 Å². The van der Waals surface area contributed by atoms with E-state index < -0.39 is 11.2 Å². The van der Waals surface area contributed by atoms with Gasteiger partial charge in [0.15, 0.2) is 11.5 Å². The van der Waals surface area contributed by atoms with Crippen molar-refractivity contribution in [2.45, 2.75) is 87.6 Å². The van der Waals surface area contributed by atoms with Crippen molar-refractivity contribution in [2.24, 2.45) is 17.3 Å². The summed E-state index contributed by atoms with van der Waals surface area (Å²) in [5.74, 6) is 1.86. The van der Waals surface area contributed by atoms with Gasteiger partial charge in [0, 0.05) is 42.0 Å². The van der Waals surface area contributed by atoms with Crippen LogP contribution >= 0.6 is 0 Å². The van der Waals surface area contributed by atoms with Crippen molar-refractivity contribution in [2.75, 3.05) is 20.2 Å². The molecule has 0 radical (unpaired) electrons. The maximum absolute atomic E-state index is 11.4. The fourth-order valence-electron chi connectivity index (χ4n) is 9.23. The minimum Gasteiger partial charge on any atom is -0.504 e. The van der Waals surface area contributed by atoms with Gasteiger partial charge >= 0.3 is 0 Å². The molecule has 2 spiro atoms. The molecule has 0 amide bonds. The molecular formula is C26H35NO4. The number of ether oxygens (including phenoxy) is 2. The molecule has 168 valence electrons. The molecule has 2 aliphatic heterocycles. The molecule has 6 atom stereocenters. The predicted molar refractivity (Wildman–Crippen MR) is 116 cm³/mol. The number of piperidine rings is 1. The quantitative estimate of drug-likeness (QED) is 0.774. The van der Waals surface area contributed by atoms with Crippen LogP contribution in [0.15, 0.2) is 12.1 Å². The highest BCUT2D eigenvalue weighted by Gasteiger charge is 2.81. The van der Waals surface area contributed by atoms with E-state index in [1.54, 1.807) is 0 Å². The number of fused-ring (bicyclic) bond motifs is 2. The van der Waals surface area contributed by atoms with E-state index >= 15 is 0 Å². The molecule has 0 aromatic heterocycles. The average molecular weight is 426 g/mol. The first-order chi connectivity index (χ1) is 14.8. The van der Waals surface area contributed by atoms with Gasteiger partial charge in [0.05, 0.1) is 5.60 Å². The highest BCUT2D eigenvalue weighted by Crippen LogP contribution is 2.77. The Bertz CT molecular complexity index is 967. The molecule has 8 rings (SSSR count). The van der Waals surface area contributed by atoms with E-state index in [-0.39, 0.29) is 28.6 Å². The second-order valence-electron chi connectivity index (χ2n) is 12.1. The molecule has 4 bridgehead atoms. The van der Waals surface area contributed by atoms with Gasteiger partial charge in [-0.2, -0.15) is 0 Å². The standard InChI is InChI=1S/C26H35NO4/c1-23(2,29)18-13-24-8-9-26(18,30-3)22-25(24)10-11-27(14-15-4-5-15)19(24)12-16-6-7-17(28)21(31-22)20(16)25/h6-7,15,18-19,22,28-29H,4-5,8-14H2,1-3H3/t18-,19-,22+,24?,25-,26-/m1/s1. The van der Waals surface area contributed by atoms with E-state index in [9.17, 15) is 10.2 Å². The van der Waals surface area contributed by atoms with Crippen molar-refractivity contribution in [3.05, 3.63) is 23.3 Å². The van der Waals surface area contributed by atoms with Crippen LogP contribution in [0, 0.1) is 17.3 Å². The van der Waals surface area contributed by atoms with Crippen molar-refractivity contribution in [1.29, 1.82) is 0 Å². The number of phenols is 1. The number of hydrogen-bond donors (Lipinski definition) is 2. The minimum absolute atomic E-state index is 0.0123. The summed E-state index contributed by atoms with van der Waals surface area (Å²) < 4.78 is 13.2. The SMILES string of the molecule is CO[C@]12CCC3(C[C@@H]1C(C)(C)O)[C@H]1Cc4ccc(O)c5c4[C@]3(CCN1CC1CC1)[C@@H]2O5. The van der Waals surface area contributed by atoms with E-state index in [2.05, 4.69) is 11.0 Å². The molecule has 1 aromatic rings. The topological polar surface area (TPSA) is 62.2 Å². The van der Waals surface area contributed by atoms with E-state index in [1.807, 2.05) is 27.0 Å². The monoisotopic (exact) mass is 425 g/mol. The number of benzene rings is 1. The average Bonchev–Trinajstić information content (AvgIpc) is 3.47. The van der Waals surface area contributed by atoms with Crippen LogP contribution in [-0.2, 0) is 16.6 Å². The Labute approximate surface area is 184 Å². The molecule has 7 aliphatic rings. The third kappa shape index (κ3) is 2.02. The predicted octanol–water partition coefficient (Wildman–Crippen LogP) is 3.39. The Morgan fingerprint density at radius 1 is 1.23 bits per heavy atom. The van der Waals surface area contributed by atoms with Crippen LogP contribution in [0.2, 0.25) is 0 Å². The Hall–Kier alpha value is -1.30. The smallest absolute Gasteiger partial charge is 0.165 e. The maximum Gasteiger partial charge on any atom is 0.165 e.